The van der Waals surface area contributed by atoms with Crippen molar-refractivity contribution in [1.29, 1.82) is 5.26 Å². The molecule has 1 rings (SSSR count). The first-order valence-electron chi connectivity index (χ1n) is 15.7. The number of carbonyl (C=O) groups excluding carboxylic acids is 5. The monoisotopic (exact) mass is 655 g/mol. The van der Waals surface area contributed by atoms with Gasteiger partial charge in [-0.25, -0.2) is 4.79 Å². The number of amides is 3. The van der Waals surface area contributed by atoms with E-state index in [0.29, 0.717) is 5.56 Å². The van der Waals surface area contributed by atoms with Crippen molar-refractivity contribution in [3.8, 4) is 6.07 Å². The molecule has 0 spiro atoms. The Morgan fingerprint density at radius 2 is 1.62 bits per heavy atom. The molecule has 0 aromatic heterocycles. The van der Waals surface area contributed by atoms with Crippen molar-refractivity contribution in [2.24, 2.45) is 11.3 Å². The van der Waals surface area contributed by atoms with Crippen LogP contribution in [0.15, 0.2) is 35.9 Å². The molecule has 4 atom stereocenters. The van der Waals surface area contributed by atoms with Crippen LogP contribution in [-0.2, 0) is 38.9 Å². The highest BCUT2D eigenvalue weighted by atomic mass is 16.5. The number of hydrogen-bond acceptors (Lipinski definition) is 9. The molecule has 1 aromatic carbocycles. The number of benzene rings is 1. The average molecular weight is 656 g/mol. The zero-order valence-corrected chi connectivity index (χ0v) is 29.9. The predicted octanol–water partition coefficient (Wildman–Crippen LogP) is 3.00. The minimum absolute atomic E-state index is 0.00843. The molecule has 12 heteroatoms. The lowest BCUT2D eigenvalue weighted by Gasteiger charge is -2.40. The number of esters is 2. The van der Waals surface area contributed by atoms with Crippen molar-refractivity contribution in [2.75, 3.05) is 28.3 Å². The van der Waals surface area contributed by atoms with Gasteiger partial charge in [0.2, 0.25) is 17.7 Å². The largest absolute Gasteiger partial charge is 0.469 e. The molecule has 0 aliphatic carbocycles. The van der Waals surface area contributed by atoms with Crippen molar-refractivity contribution in [2.45, 2.75) is 97.8 Å². The second kappa shape index (κ2) is 17.6. The van der Waals surface area contributed by atoms with Crippen molar-refractivity contribution in [3.63, 3.8) is 0 Å². The highest BCUT2D eigenvalue weighted by Gasteiger charge is 2.41. The Balaban J connectivity index is 3.33. The molecule has 3 amide bonds. The number of rotatable bonds is 15. The lowest BCUT2D eigenvalue weighted by atomic mass is 9.76. The number of nitrogens with zero attached hydrogens (tertiary/aromatic N) is 2. The van der Waals surface area contributed by atoms with Crippen molar-refractivity contribution in [3.05, 3.63) is 47.0 Å². The van der Waals surface area contributed by atoms with E-state index in [4.69, 9.17) is 4.74 Å². The second-order valence-electron chi connectivity index (χ2n) is 13.6. The van der Waals surface area contributed by atoms with Gasteiger partial charge < -0.3 is 30.3 Å². The SMILES string of the molecule is CN[C@H](C(=O)N[C@H](C(=O)N(C)[C@H](/C=C(\C)C(=O)N[C@H](CCC(=O)OC)C(=O)OC)C(C)C)C(C)(C)C)C(C)(C)c1cccc(C#N)c1. The van der Waals surface area contributed by atoms with Crippen LogP contribution in [0.3, 0.4) is 0 Å². The third kappa shape index (κ3) is 11.2. The fraction of sp³-hybridized carbons (Fsp3) is 0.600. The maximum atomic E-state index is 14.1. The predicted molar refractivity (Wildman–Crippen MR) is 179 cm³/mol. The maximum absolute atomic E-state index is 14.1. The number of likely N-dealkylation sites (N-methyl/N-ethyl adjacent to an activating group) is 2. The van der Waals surface area contributed by atoms with Crippen LogP contribution < -0.4 is 16.0 Å². The Kier molecular flexibility index (Phi) is 15.3. The van der Waals surface area contributed by atoms with E-state index in [2.05, 4.69) is 26.8 Å². The van der Waals surface area contributed by atoms with E-state index in [-0.39, 0.29) is 36.1 Å². The highest BCUT2D eigenvalue weighted by Crippen LogP contribution is 2.29. The number of methoxy groups -OCH3 is 2. The van der Waals surface area contributed by atoms with Gasteiger partial charge >= 0.3 is 11.9 Å². The summed E-state index contributed by atoms with van der Waals surface area (Å²) in [5, 5.41) is 18.1. The van der Waals surface area contributed by atoms with Crippen LogP contribution in [0.5, 0.6) is 0 Å². The zero-order valence-electron chi connectivity index (χ0n) is 29.9. The molecule has 0 bridgehead atoms. The minimum Gasteiger partial charge on any atom is -0.469 e. The van der Waals surface area contributed by atoms with E-state index in [9.17, 15) is 29.2 Å². The van der Waals surface area contributed by atoms with Crippen LogP contribution in [0.4, 0.5) is 0 Å². The summed E-state index contributed by atoms with van der Waals surface area (Å²) in [6.07, 6.45) is 1.55. The molecule has 0 aliphatic heterocycles. The molecular formula is C35H53N5O7. The molecule has 0 saturated heterocycles. The van der Waals surface area contributed by atoms with Gasteiger partial charge in [-0.15, -0.1) is 0 Å². The van der Waals surface area contributed by atoms with E-state index >= 15 is 0 Å². The van der Waals surface area contributed by atoms with E-state index in [1.165, 1.54) is 19.1 Å². The minimum atomic E-state index is -1.07. The van der Waals surface area contributed by atoms with Gasteiger partial charge in [-0.05, 0) is 49.4 Å². The van der Waals surface area contributed by atoms with Gasteiger partial charge in [0.15, 0.2) is 0 Å². The number of nitriles is 1. The second-order valence-corrected chi connectivity index (χ2v) is 13.6. The molecule has 260 valence electrons. The Morgan fingerprint density at radius 3 is 2.11 bits per heavy atom. The van der Waals surface area contributed by atoms with Gasteiger partial charge in [0.1, 0.15) is 12.1 Å². The van der Waals surface area contributed by atoms with Crippen LogP contribution >= 0.6 is 0 Å². The smallest absolute Gasteiger partial charge is 0.328 e. The normalized spacial score (nSPS) is 14.6. The van der Waals surface area contributed by atoms with Crippen molar-refractivity contribution < 1.29 is 33.4 Å². The Hall–Kier alpha value is -4.24. The van der Waals surface area contributed by atoms with Gasteiger partial charge in [0.25, 0.3) is 0 Å². The van der Waals surface area contributed by atoms with Crippen molar-refractivity contribution >= 4 is 29.7 Å². The van der Waals surface area contributed by atoms with Gasteiger partial charge in [0, 0.05) is 24.5 Å². The lowest BCUT2D eigenvalue weighted by molar-refractivity contribution is -0.146. The molecule has 0 saturated carbocycles. The van der Waals surface area contributed by atoms with E-state index < -0.39 is 52.8 Å². The molecule has 47 heavy (non-hydrogen) atoms. The van der Waals surface area contributed by atoms with Crippen LogP contribution in [0.1, 0.15) is 79.4 Å². The molecule has 0 heterocycles. The molecule has 3 N–H and O–H groups in total. The quantitative estimate of drug-likeness (QED) is 0.190. The third-order valence-corrected chi connectivity index (χ3v) is 8.32. The van der Waals surface area contributed by atoms with Gasteiger partial charge in [-0.2, -0.15) is 5.26 Å². The molecule has 12 nitrogen and oxygen atoms in total. The zero-order chi connectivity index (χ0) is 36.3. The summed E-state index contributed by atoms with van der Waals surface area (Å²) in [5.74, 6) is -2.65. The molecule has 0 fully saturated rings. The number of carbonyl (C=O) groups is 5. The summed E-state index contributed by atoms with van der Waals surface area (Å²) in [4.78, 5) is 66.6. The van der Waals surface area contributed by atoms with Gasteiger partial charge in [-0.1, -0.05) is 66.7 Å². The molecule has 0 radical (unpaired) electrons. The molecule has 0 aliphatic rings. The van der Waals surface area contributed by atoms with Crippen LogP contribution in [-0.4, -0.2) is 87.0 Å². The topological polar surface area (TPSA) is 167 Å². The maximum Gasteiger partial charge on any atom is 0.328 e. The lowest BCUT2D eigenvalue weighted by Crippen LogP contribution is -2.61. The summed E-state index contributed by atoms with van der Waals surface area (Å²) in [6, 6.07) is 5.94. The summed E-state index contributed by atoms with van der Waals surface area (Å²) >= 11 is 0. The van der Waals surface area contributed by atoms with Gasteiger partial charge in [0.05, 0.1) is 37.9 Å². The summed E-state index contributed by atoms with van der Waals surface area (Å²) in [6.45, 7) is 14.8. The highest BCUT2D eigenvalue weighted by molar-refractivity contribution is 5.96. The number of nitrogens with one attached hydrogen (secondary N) is 3. The van der Waals surface area contributed by atoms with Gasteiger partial charge in [-0.3, -0.25) is 19.2 Å². The third-order valence-electron chi connectivity index (χ3n) is 8.32. The average Bonchev–Trinajstić information content (AvgIpc) is 3.02. The van der Waals surface area contributed by atoms with Crippen LogP contribution in [0, 0.1) is 22.7 Å². The first-order valence-corrected chi connectivity index (χ1v) is 15.7. The molecular weight excluding hydrogens is 602 g/mol. The van der Waals surface area contributed by atoms with Crippen molar-refractivity contribution in [1.82, 2.24) is 20.9 Å². The molecule has 0 unspecified atom stereocenters. The fourth-order valence-electron chi connectivity index (χ4n) is 5.31. The summed E-state index contributed by atoms with van der Waals surface area (Å²) in [7, 11) is 5.72. The van der Waals surface area contributed by atoms with Crippen LogP contribution in [0.25, 0.3) is 0 Å². The Bertz CT molecular complexity index is 1360. The summed E-state index contributed by atoms with van der Waals surface area (Å²) < 4.78 is 9.42. The Labute approximate surface area is 279 Å². The molecule has 1 aromatic rings. The fourth-order valence-corrected chi connectivity index (χ4v) is 5.31. The first kappa shape index (κ1) is 40.8. The summed E-state index contributed by atoms with van der Waals surface area (Å²) in [5.41, 5.74) is 0.0998. The Morgan fingerprint density at radius 1 is 1.00 bits per heavy atom. The van der Waals surface area contributed by atoms with Crippen LogP contribution in [0.2, 0.25) is 0 Å². The van der Waals surface area contributed by atoms with E-state index in [1.807, 2.05) is 54.5 Å². The first-order chi connectivity index (χ1) is 21.8. The number of ether oxygens (including phenoxy) is 2. The standard InChI is InChI=1S/C35H53N5O7/c1-21(2)26(18-22(3)30(42)38-25(33(45)47-12)16-17-27(41)46-11)40(10)32(44)29(34(4,5)6)39-31(43)28(37-9)35(7,8)24-15-13-14-23(19-24)20-36/h13-15,18-19,21,25-26,28-29,37H,16-17H2,1-12H3,(H,38,42)(H,39,43)/b22-18+/t25-,26-,28-,29-/m1/s1. The van der Waals surface area contributed by atoms with E-state index in [0.717, 1.165) is 5.56 Å². The number of hydrogen-bond donors (Lipinski definition) is 3. The van der Waals surface area contributed by atoms with E-state index in [1.54, 1.807) is 45.3 Å².